The molecule has 0 amide bonds. The lowest BCUT2D eigenvalue weighted by Gasteiger charge is -2.14. The lowest BCUT2D eigenvalue weighted by Crippen LogP contribution is -2.19. The van der Waals surface area contributed by atoms with Gasteiger partial charge in [0, 0.05) is 24.1 Å². The Morgan fingerprint density at radius 1 is 1.23 bits per heavy atom. The molecular weight excluding hydrogens is 276 g/mol. The van der Waals surface area contributed by atoms with E-state index >= 15 is 0 Å². The summed E-state index contributed by atoms with van der Waals surface area (Å²) in [5.74, 6) is 1.46. The van der Waals surface area contributed by atoms with Crippen molar-refractivity contribution in [1.82, 2.24) is 14.7 Å². The summed E-state index contributed by atoms with van der Waals surface area (Å²) >= 11 is 0. The summed E-state index contributed by atoms with van der Waals surface area (Å²) in [6, 6.07) is 9.78. The minimum atomic E-state index is -0.0286. The van der Waals surface area contributed by atoms with E-state index in [-0.39, 0.29) is 5.41 Å². The average Bonchev–Trinajstić information content (AvgIpc) is 2.81. The van der Waals surface area contributed by atoms with Gasteiger partial charge in [-0.3, -0.25) is 0 Å². The lowest BCUT2D eigenvalue weighted by molar-refractivity contribution is 0.261. The van der Waals surface area contributed by atoms with Crippen LogP contribution in [0.5, 0.6) is 5.75 Å². The van der Waals surface area contributed by atoms with Gasteiger partial charge in [0.05, 0.1) is 11.4 Å². The number of aromatic nitrogens is 2. The Morgan fingerprint density at radius 2 is 1.95 bits per heavy atom. The number of ether oxygens (including phenoxy) is 1. The molecule has 0 aliphatic carbocycles. The summed E-state index contributed by atoms with van der Waals surface area (Å²) in [7, 11) is 4.05. The van der Waals surface area contributed by atoms with Gasteiger partial charge in [0.15, 0.2) is 0 Å². The molecule has 22 heavy (non-hydrogen) atoms. The van der Waals surface area contributed by atoms with E-state index in [1.807, 2.05) is 44.4 Å². The molecule has 5 heteroatoms. The van der Waals surface area contributed by atoms with Crippen LogP contribution in [0.3, 0.4) is 0 Å². The molecule has 0 unspecified atom stereocenters. The number of hydrogen-bond acceptors (Lipinski definition) is 4. The molecule has 0 saturated carbocycles. The van der Waals surface area contributed by atoms with Crippen LogP contribution < -0.4 is 10.5 Å². The highest BCUT2D eigenvalue weighted by molar-refractivity contribution is 5.46. The molecule has 1 aromatic heterocycles. The quantitative estimate of drug-likeness (QED) is 0.922. The van der Waals surface area contributed by atoms with Gasteiger partial charge in [-0.2, -0.15) is 5.10 Å². The van der Waals surface area contributed by atoms with Crippen LogP contribution in [-0.2, 0) is 5.41 Å². The number of nitrogen functional groups attached to an aromatic ring is 1. The van der Waals surface area contributed by atoms with Gasteiger partial charge in [-0.25, -0.2) is 4.68 Å². The highest BCUT2D eigenvalue weighted by Gasteiger charge is 2.19. The largest absolute Gasteiger partial charge is 0.492 e. The van der Waals surface area contributed by atoms with Gasteiger partial charge in [-0.15, -0.1) is 0 Å². The molecule has 0 spiro atoms. The topological polar surface area (TPSA) is 56.3 Å². The number of hydrogen-bond donors (Lipinski definition) is 1. The van der Waals surface area contributed by atoms with Crippen LogP contribution in [0.15, 0.2) is 30.3 Å². The van der Waals surface area contributed by atoms with Gasteiger partial charge in [-0.05, 0) is 26.2 Å². The van der Waals surface area contributed by atoms with Gasteiger partial charge in [-0.1, -0.05) is 26.8 Å². The first-order valence-electron chi connectivity index (χ1n) is 7.51. The summed E-state index contributed by atoms with van der Waals surface area (Å²) in [5, 5.41) is 4.63. The van der Waals surface area contributed by atoms with Crippen molar-refractivity contribution in [2.75, 3.05) is 33.0 Å². The Kier molecular flexibility index (Phi) is 4.76. The predicted molar refractivity (Wildman–Crippen MR) is 90.7 cm³/mol. The fraction of sp³-hybridized carbons (Fsp3) is 0.471. The van der Waals surface area contributed by atoms with Crippen LogP contribution in [0.1, 0.15) is 26.5 Å². The molecule has 2 aromatic rings. The first kappa shape index (κ1) is 16.4. The molecule has 2 N–H and O–H groups in total. The number of nitrogens with zero attached hydrogens (tertiary/aromatic N) is 3. The van der Waals surface area contributed by atoms with Gasteiger partial charge in [0.1, 0.15) is 18.2 Å². The fourth-order valence-corrected chi connectivity index (χ4v) is 2.02. The maximum atomic E-state index is 6.11. The van der Waals surface area contributed by atoms with Crippen LogP contribution >= 0.6 is 0 Å². The van der Waals surface area contributed by atoms with Crippen LogP contribution in [0.4, 0.5) is 5.82 Å². The lowest BCUT2D eigenvalue weighted by atomic mass is 9.92. The normalized spacial score (nSPS) is 11.9. The second kappa shape index (κ2) is 6.40. The van der Waals surface area contributed by atoms with Crippen molar-refractivity contribution in [3.8, 4) is 11.4 Å². The van der Waals surface area contributed by atoms with Crippen LogP contribution in [0.25, 0.3) is 5.69 Å². The number of anilines is 1. The molecule has 1 aromatic carbocycles. The van der Waals surface area contributed by atoms with E-state index in [0.29, 0.717) is 12.4 Å². The third-order valence-electron chi connectivity index (χ3n) is 3.37. The molecular formula is C17H26N4O. The van der Waals surface area contributed by atoms with E-state index in [1.165, 1.54) is 0 Å². The molecule has 0 bridgehead atoms. The Labute approximate surface area is 132 Å². The molecule has 1 heterocycles. The van der Waals surface area contributed by atoms with E-state index in [0.717, 1.165) is 23.7 Å². The van der Waals surface area contributed by atoms with Crippen molar-refractivity contribution in [2.45, 2.75) is 26.2 Å². The van der Waals surface area contributed by atoms with Crippen molar-refractivity contribution >= 4 is 5.82 Å². The molecule has 0 aliphatic heterocycles. The molecule has 0 atom stereocenters. The van der Waals surface area contributed by atoms with E-state index in [1.54, 1.807) is 4.68 Å². The highest BCUT2D eigenvalue weighted by Crippen LogP contribution is 2.25. The average molecular weight is 302 g/mol. The Bertz CT molecular complexity index is 626. The minimum absolute atomic E-state index is 0.0286. The summed E-state index contributed by atoms with van der Waals surface area (Å²) in [5.41, 5.74) is 7.97. The molecule has 0 radical (unpaired) electrons. The highest BCUT2D eigenvalue weighted by atomic mass is 16.5. The van der Waals surface area contributed by atoms with Crippen molar-refractivity contribution in [2.24, 2.45) is 0 Å². The Morgan fingerprint density at radius 3 is 2.55 bits per heavy atom. The molecule has 0 fully saturated rings. The number of nitrogens with two attached hydrogens (primary N) is 1. The third kappa shape index (κ3) is 4.01. The third-order valence-corrected chi connectivity index (χ3v) is 3.37. The van der Waals surface area contributed by atoms with Gasteiger partial charge in [0.2, 0.25) is 0 Å². The molecule has 0 aliphatic rings. The smallest absolute Gasteiger partial charge is 0.127 e. The van der Waals surface area contributed by atoms with Crippen LogP contribution in [0.2, 0.25) is 0 Å². The summed E-state index contributed by atoms with van der Waals surface area (Å²) in [4.78, 5) is 2.09. The summed E-state index contributed by atoms with van der Waals surface area (Å²) in [6.07, 6.45) is 0. The minimum Gasteiger partial charge on any atom is -0.492 e. The second-order valence-electron chi connectivity index (χ2n) is 6.77. The Balaban J connectivity index is 2.21. The van der Waals surface area contributed by atoms with Crippen molar-refractivity contribution in [3.63, 3.8) is 0 Å². The van der Waals surface area contributed by atoms with Gasteiger partial charge < -0.3 is 15.4 Å². The first-order valence-corrected chi connectivity index (χ1v) is 7.51. The maximum Gasteiger partial charge on any atom is 0.127 e. The number of benzene rings is 1. The van der Waals surface area contributed by atoms with Crippen molar-refractivity contribution in [1.29, 1.82) is 0 Å². The SMILES string of the molecule is CN(C)CCOc1cccc(-n2nc(C(C)(C)C)cc2N)c1. The second-order valence-corrected chi connectivity index (χ2v) is 6.77. The van der Waals surface area contributed by atoms with E-state index in [9.17, 15) is 0 Å². The zero-order valence-electron chi connectivity index (χ0n) is 14.1. The van der Waals surface area contributed by atoms with Crippen LogP contribution in [0, 0.1) is 0 Å². The monoisotopic (exact) mass is 302 g/mol. The van der Waals surface area contributed by atoms with Gasteiger partial charge >= 0.3 is 0 Å². The van der Waals surface area contributed by atoms with E-state index in [4.69, 9.17) is 10.5 Å². The van der Waals surface area contributed by atoms with Crippen LogP contribution in [-0.4, -0.2) is 41.9 Å². The fourth-order valence-electron chi connectivity index (χ4n) is 2.02. The number of likely N-dealkylation sites (N-methyl/N-ethyl adjacent to an activating group) is 1. The Hall–Kier alpha value is -2.01. The molecule has 5 nitrogen and oxygen atoms in total. The zero-order valence-corrected chi connectivity index (χ0v) is 14.1. The standard InChI is InChI=1S/C17H26N4O/c1-17(2,3)15-12-16(18)21(19-15)13-7-6-8-14(11-13)22-10-9-20(4)5/h6-8,11-12H,9-10,18H2,1-5H3. The van der Waals surface area contributed by atoms with Gasteiger partial charge in [0.25, 0.3) is 0 Å². The molecule has 120 valence electrons. The summed E-state index contributed by atoms with van der Waals surface area (Å²) < 4.78 is 7.53. The van der Waals surface area contributed by atoms with E-state index < -0.39 is 0 Å². The maximum absolute atomic E-state index is 6.11. The molecule has 2 rings (SSSR count). The van der Waals surface area contributed by atoms with Crippen molar-refractivity contribution in [3.05, 3.63) is 36.0 Å². The molecule has 0 saturated heterocycles. The zero-order chi connectivity index (χ0) is 16.3. The van der Waals surface area contributed by atoms with Crippen molar-refractivity contribution < 1.29 is 4.74 Å². The first-order chi connectivity index (χ1) is 10.3. The number of rotatable bonds is 5. The summed E-state index contributed by atoms with van der Waals surface area (Å²) in [6.45, 7) is 7.90. The van der Waals surface area contributed by atoms with E-state index in [2.05, 4.69) is 30.8 Å². The predicted octanol–water partition coefficient (Wildman–Crippen LogP) is 2.69.